The number of hydrogen-bond donors (Lipinski definition) is 1. The third-order valence-electron chi connectivity index (χ3n) is 5.31. The summed E-state index contributed by atoms with van der Waals surface area (Å²) in [4.78, 5) is 18.7. The molecular weight excluding hydrogens is 366 g/mol. The molecule has 1 fully saturated rings. The summed E-state index contributed by atoms with van der Waals surface area (Å²) in [5, 5.41) is 11.4. The van der Waals surface area contributed by atoms with Gasteiger partial charge in [-0.1, -0.05) is 17.7 Å². The molecule has 3 heterocycles. The van der Waals surface area contributed by atoms with Gasteiger partial charge < -0.3 is 9.73 Å². The Morgan fingerprint density at radius 2 is 1.97 bits per heavy atom. The van der Waals surface area contributed by atoms with Crippen molar-refractivity contribution in [1.82, 2.24) is 25.4 Å². The van der Waals surface area contributed by atoms with Gasteiger partial charge >= 0.3 is 0 Å². The second-order valence-electron chi connectivity index (χ2n) is 7.54. The lowest BCUT2D eigenvalue weighted by molar-refractivity contribution is 0.0934. The summed E-state index contributed by atoms with van der Waals surface area (Å²) in [6.07, 6.45) is 5.51. The van der Waals surface area contributed by atoms with Crippen molar-refractivity contribution in [2.45, 2.75) is 26.3 Å². The van der Waals surface area contributed by atoms with E-state index in [1.54, 1.807) is 12.4 Å². The summed E-state index contributed by atoms with van der Waals surface area (Å²) in [6, 6.07) is 11.4. The van der Waals surface area contributed by atoms with Gasteiger partial charge in [-0.3, -0.25) is 14.7 Å². The van der Waals surface area contributed by atoms with E-state index in [0.717, 1.165) is 37.1 Å². The topological polar surface area (TPSA) is 84.2 Å². The van der Waals surface area contributed by atoms with Gasteiger partial charge in [-0.05, 0) is 63.0 Å². The van der Waals surface area contributed by atoms with Crippen LogP contribution in [0.4, 0.5) is 0 Å². The van der Waals surface area contributed by atoms with Crippen LogP contribution in [0, 0.1) is 12.8 Å². The Bertz CT molecular complexity index is 931. The molecule has 0 spiro atoms. The fraction of sp³-hybridized carbons (Fsp3) is 0.364. The van der Waals surface area contributed by atoms with Gasteiger partial charge in [-0.2, -0.15) is 0 Å². The second-order valence-corrected chi connectivity index (χ2v) is 7.54. The van der Waals surface area contributed by atoms with Crippen LogP contribution >= 0.6 is 0 Å². The number of nitrogens with one attached hydrogen (secondary N) is 1. The Kier molecular flexibility index (Phi) is 5.95. The summed E-state index contributed by atoms with van der Waals surface area (Å²) in [6.45, 7) is 5.29. The summed E-state index contributed by atoms with van der Waals surface area (Å²) < 4.78 is 5.77. The van der Waals surface area contributed by atoms with Gasteiger partial charge in [0, 0.05) is 24.5 Å². The molecule has 150 valence electrons. The molecule has 7 heteroatoms. The molecule has 2 aromatic heterocycles. The van der Waals surface area contributed by atoms with Crippen LogP contribution in [0.2, 0.25) is 0 Å². The molecule has 0 saturated carbocycles. The molecule has 3 aromatic rings. The van der Waals surface area contributed by atoms with Gasteiger partial charge in [0.2, 0.25) is 11.8 Å². The molecule has 0 bridgehead atoms. The Morgan fingerprint density at radius 1 is 1.17 bits per heavy atom. The highest BCUT2D eigenvalue weighted by Gasteiger charge is 2.21. The van der Waals surface area contributed by atoms with Crippen molar-refractivity contribution in [2.24, 2.45) is 5.92 Å². The molecule has 7 nitrogen and oxygen atoms in total. The van der Waals surface area contributed by atoms with Crippen molar-refractivity contribution < 1.29 is 9.21 Å². The highest BCUT2D eigenvalue weighted by Crippen LogP contribution is 2.20. The molecule has 1 aromatic carbocycles. The number of nitrogens with zero attached hydrogens (tertiary/aromatic N) is 4. The zero-order chi connectivity index (χ0) is 20.1. The zero-order valence-corrected chi connectivity index (χ0v) is 16.5. The number of aromatic nitrogens is 3. The first-order valence-electron chi connectivity index (χ1n) is 9.97. The molecule has 0 atom stereocenters. The molecule has 29 heavy (non-hydrogen) atoms. The smallest absolute Gasteiger partial charge is 0.251 e. The van der Waals surface area contributed by atoms with Gasteiger partial charge in [-0.25, -0.2) is 0 Å². The summed E-state index contributed by atoms with van der Waals surface area (Å²) in [5.41, 5.74) is 2.70. The third kappa shape index (κ3) is 5.06. The number of benzene rings is 1. The SMILES string of the molecule is Cc1ccc(C(=O)NCC2CCN(Cc3nnc(-c4cccnc4)o3)CC2)cc1. The lowest BCUT2D eigenvalue weighted by atomic mass is 9.96. The molecule has 0 unspecified atom stereocenters. The second kappa shape index (κ2) is 8.96. The number of carbonyl (C=O) groups is 1. The van der Waals surface area contributed by atoms with Gasteiger partial charge in [0.1, 0.15) is 0 Å². The van der Waals surface area contributed by atoms with Crippen molar-refractivity contribution in [2.75, 3.05) is 19.6 Å². The quantitative estimate of drug-likeness (QED) is 0.695. The van der Waals surface area contributed by atoms with E-state index in [1.807, 2.05) is 43.3 Å². The molecule has 1 aliphatic rings. The van der Waals surface area contributed by atoms with E-state index < -0.39 is 0 Å². The number of carbonyl (C=O) groups excluding carboxylic acids is 1. The van der Waals surface area contributed by atoms with Gasteiger partial charge in [0.15, 0.2) is 0 Å². The van der Waals surface area contributed by atoms with Crippen LogP contribution in [0.1, 0.15) is 34.7 Å². The van der Waals surface area contributed by atoms with Crippen LogP contribution < -0.4 is 5.32 Å². The first-order valence-corrected chi connectivity index (χ1v) is 9.97. The highest BCUT2D eigenvalue weighted by atomic mass is 16.4. The number of amides is 1. The van der Waals surface area contributed by atoms with E-state index >= 15 is 0 Å². The van der Waals surface area contributed by atoms with E-state index in [2.05, 4.69) is 25.4 Å². The van der Waals surface area contributed by atoms with E-state index in [9.17, 15) is 4.79 Å². The Labute approximate surface area is 170 Å². The molecule has 1 N–H and O–H groups in total. The molecule has 0 aliphatic carbocycles. The maximum Gasteiger partial charge on any atom is 0.251 e. The first-order chi connectivity index (χ1) is 14.2. The number of pyridine rings is 1. The van der Waals surface area contributed by atoms with E-state index in [0.29, 0.717) is 36.4 Å². The normalized spacial score (nSPS) is 15.3. The number of aryl methyl sites for hydroxylation is 1. The van der Waals surface area contributed by atoms with Crippen molar-refractivity contribution >= 4 is 5.91 Å². The van der Waals surface area contributed by atoms with Crippen molar-refractivity contribution in [3.05, 3.63) is 65.8 Å². The van der Waals surface area contributed by atoms with Crippen LogP contribution in [0.25, 0.3) is 11.5 Å². The standard InChI is InChI=1S/C22H25N5O2/c1-16-4-6-18(7-5-16)21(28)24-13-17-8-11-27(12-9-17)15-20-25-26-22(29-20)19-3-2-10-23-14-19/h2-7,10,14,17H,8-9,11-13,15H2,1H3,(H,24,28). The minimum Gasteiger partial charge on any atom is -0.419 e. The Balaban J connectivity index is 1.22. The lowest BCUT2D eigenvalue weighted by Crippen LogP contribution is -2.38. The van der Waals surface area contributed by atoms with Crippen molar-refractivity contribution in [1.29, 1.82) is 0 Å². The molecule has 4 rings (SSSR count). The number of rotatable bonds is 6. The lowest BCUT2D eigenvalue weighted by Gasteiger charge is -2.31. The number of likely N-dealkylation sites (tertiary alicyclic amines) is 1. The minimum atomic E-state index is 0.00113. The number of piperidine rings is 1. The maximum atomic E-state index is 12.3. The molecular formula is C22H25N5O2. The fourth-order valence-electron chi connectivity index (χ4n) is 3.51. The third-order valence-corrected chi connectivity index (χ3v) is 5.31. The van der Waals surface area contributed by atoms with Crippen LogP contribution in [-0.2, 0) is 6.54 Å². The monoisotopic (exact) mass is 391 g/mol. The van der Waals surface area contributed by atoms with E-state index in [-0.39, 0.29) is 5.91 Å². The summed E-state index contributed by atoms with van der Waals surface area (Å²) >= 11 is 0. The van der Waals surface area contributed by atoms with Crippen LogP contribution in [0.15, 0.2) is 53.2 Å². The van der Waals surface area contributed by atoms with Gasteiger partial charge in [0.05, 0.1) is 12.1 Å². The zero-order valence-electron chi connectivity index (χ0n) is 16.5. The van der Waals surface area contributed by atoms with E-state index in [4.69, 9.17) is 4.42 Å². The maximum absolute atomic E-state index is 12.3. The van der Waals surface area contributed by atoms with Gasteiger partial charge in [-0.15, -0.1) is 10.2 Å². The summed E-state index contributed by atoms with van der Waals surface area (Å²) in [7, 11) is 0. The van der Waals surface area contributed by atoms with Crippen LogP contribution in [0.3, 0.4) is 0 Å². The van der Waals surface area contributed by atoms with Crippen LogP contribution in [0.5, 0.6) is 0 Å². The molecule has 1 amide bonds. The molecule has 1 saturated heterocycles. The van der Waals surface area contributed by atoms with Crippen molar-refractivity contribution in [3.8, 4) is 11.5 Å². The predicted molar refractivity (Wildman–Crippen MR) is 109 cm³/mol. The molecule has 1 aliphatic heterocycles. The average Bonchev–Trinajstić information content (AvgIpc) is 3.23. The highest BCUT2D eigenvalue weighted by molar-refractivity contribution is 5.94. The average molecular weight is 391 g/mol. The number of hydrogen-bond acceptors (Lipinski definition) is 6. The fourth-order valence-corrected chi connectivity index (χ4v) is 3.51. The first kappa shape index (κ1) is 19.3. The van der Waals surface area contributed by atoms with Crippen LogP contribution in [-0.4, -0.2) is 45.6 Å². The Hall–Kier alpha value is -3.06. The van der Waals surface area contributed by atoms with E-state index in [1.165, 1.54) is 0 Å². The van der Waals surface area contributed by atoms with Gasteiger partial charge in [0.25, 0.3) is 5.91 Å². The predicted octanol–water partition coefficient (Wildman–Crippen LogP) is 3.08. The minimum absolute atomic E-state index is 0.00113. The summed E-state index contributed by atoms with van der Waals surface area (Å²) in [5.74, 6) is 1.62. The molecule has 0 radical (unpaired) electrons. The Morgan fingerprint density at radius 3 is 2.69 bits per heavy atom. The van der Waals surface area contributed by atoms with Crippen molar-refractivity contribution in [3.63, 3.8) is 0 Å². The largest absolute Gasteiger partial charge is 0.419 e.